The number of hydrogen-bond acceptors (Lipinski definition) is 4. The monoisotopic (exact) mass is 305 g/mol. The summed E-state index contributed by atoms with van der Waals surface area (Å²) in [6, 6.07) is 3.90. The van der Waals surface area contributed by atoms with E-state index < -0.39 is 5.97 Å². The number of pyridine rings is 1. The number of aromatic nitrogens is 3. The molecule has 1 aliphatic carbocycles. The summed E-state index contributed by atoms with van der Waals surface area (Å²) < 4.78 is 2.11. The normalized spacial score (nSPS) is 16.9. The Morgan fingerprint density at radius 2 is 2.19 bits per heavy atom. The molecule has 0 saturated heterocycles. The van der Waals surface area contributed by atoms with E-state index in [4.69, 9.17) is 5.11 Å². The highest BCUT2D eigenvalue weighted by Gasteiger charge is 2.33. The topological polar surface area (TPSA) is 68.0 Å². The highest BCUT2D eigenvalue weighted by atomic mass is 32.2. The van der Waals surface area contributed by atoms with Crippen LogP contribution in [0.3, 0.4) is 0 Å². The smallest absolute Gasteiger partial charge is 0.313 e. The maximum Gasteiger partial charge on any atom is 0.313 e. The van der Waals surface area contributed by atoms with Gasteiger partial charge in [-0.05, 0) is 37.3 Å². The molecule has 0 radical (unpaired) electrons. The zero-order valence-electron chi connectivity index (χ0n) is 12.3. The largest absolute Gasteiger partial charge is 0.481 e. The summed E-state index contributed by atoms with van der Waals surface area (Å²) >= 11 is 1.27. The van der Waals surface area contributed by atoms with E-state index in [-0.39, 0.29) is 11.2 Å². The lowest BCUT2D eigenvalue weighted by atomic mass is 9.70. The maximum atomic E-state index is 10.8. The van der Waals surface area contributed by atoms with Crippen molar-refractivity contribution in [2.45, 2.75) is 44.8 Å². The first-order valence-electron chi connectivity index (χ1n) is 7.15. The molecule has 21 heavy (non-hydrogen) atoms. The molecule has 1 saturated carbocycles. The molecular weight excluding hydrogens is 286 g/mol. The van der Waals surface area contributed by atoms with Crippen LogP contribution in [0, 0.1) is 12.3 Å². The van der Waals surface area contributed by atoms with Crippen LogP contribution in [0.1, 0.15) is 31.9 Å². The van der Waals surface area contributed by atoms with Gasteiger partial charge in [0.15, 0.2) is 10.8 Å². The van der Waals surface area contributed by atoms with Crippen LogP contribution in [-0.4, -0.2) is 31.4 Å². The third kappa shape index (κ3) is 2.90. The zero-order valence-corrected chi connectivity index (χ0v) is 13.1. The van der Waals surface area contributed by atoms with Gasteiger partial charge in [0.1, 0.15) is 5.52 Å². The second kappa shape index (κ2) is 5.33. The molecule has 2 aromatic rings. The van der Waals surface area contributed by atoms with Crippen molar-refractivity contribution in [3.05, 3.63) is 17.8 Å². The minimum absolute atomic E-state index is 0.0268. The van der Waals surface area contributed by atoms with Crippen LogP contribution in [0.2, 0.25) is 0 Å². The van der Waals surface area contributed by atoms with Crippen LogP contribution >= 0.6 is 11.8 Å². The highest BCUT2D eigenvalue weighted by molar-refractivity contribution is 7.99. The fourth-order valence-corrected chi connectivity index (χ4v) is 3.50. The molecule has 2 aromatic heterocycles. The lowest BCUT2D eigenvalue weighted by Gasteiger charge is -2.38. The number of aryl methyl sites for hydroxylation is 1. The fourth-order valence-electron chi connectivity index (χ4n) is 2.77. The molecule has 0 aromatic carbocycles. The Balaban J connectivity index is 2.00. The molecule has 0 spiro atoms. The van der Waals surface area contributed by atoms with Gasteiger partial charge in [-0.2, -0.15) is 0 Å². The molecule has 5 nitrogen and oxygen atoms in total. The van der Waals surface area contributed by atoms with Gasteiger partial charge in [-0.15, -0.1) is 0 Å². The van der Waals surface area contributed by atoms with Crippen molar-refractivity contribution in [3.63, 3.8) is 0 Å². The fraction of sp³-hybridized carbons (Fsp3) is 0.533. The zero-order chi connectivity index (χ0) is 15.0. The molecule has 1 fully saturated rings. The van der Waals surface area contributed by atoms with Gasteiger partial charge in [-0.1, -0.05) is 25.1 Å². The predicted octanol–water partition coefficient (Wildman–Crippen LogP) is 3.11. The third-order valence-electron chi connectivity index (χ3n) is 4.12. The number of nitrogens with zero attached hydrogens (tertiary/aromatic N) is 3. The summed E-state index contributed by atoms with van der Waals surface area (Å²) in [5, 5.41) is 9.66. The summed E-state index contributed by atoms with van der Waals surface area (Å²) in [4.78, 5) is 20.0. The van der Waals surface area contributed by atoms with E-state index in [1.165, 1.54) is 31.0 Å². The minimum Gasteiger partial charge on any atom is -0.481 e. The van der Waals surface area contributed by atoms with Crippen LogP contribution < -0.4 is 0 Å². The lowest BCUT2D eigenvalue weighted by Crippen LogP contribution is -2.31. The lowest BCUT2D eigenvalue weighted by molar-refractivity contribution is -0.133. The molecule has 0 aliphatic heterocycles. The molecule has 112 valence electrons. The van der Waals surface area contributed by atoms with Crippen molar-refractivity contribution in [1.29, 1.82) is 0 Å². The third-order valence-corrected chi connectivity index (χ3v) is 5.08. The van der Waals surface area contributed by atoms with Crippen molar-refractivity contribution < 1.29 is 9.90 Å². The summed E-state index contributed by atoms with van der Waals surface area (Å²) in [5.41, 5.74) is 2.96. The Labute approximate surface area is 127 Å². The summed E-state index contributed by atoms with van der Waals surface area (Å²) in [6.45, 7) is 5.11. The molecule has 0 amide bonds. The molecule has 2 heterocycles. The number of aliphatic carboxylic acids is 1. The molecule has 0 unspecified atom stereocenters. The number of rotatable bonds is 5. The van der Waals surface area contributed by atoms with Crippen LogP contribution in [0.15, 0.2) is 17.3 Å². The second-order valence-corrected chi connectivity index (χ2v) is 7.07. The standard InChI is InChI=1S/C15H19N3O2S/c1-10-4-5-11-13(16-10)18(9-15(2)6-3-7-15)14(17-11)21-8-12(19)20/h4-5H,3,6-9H2,1-2H3,(H,19,20). The maximum absolute atomic E-state index is 10.8. The van der Waals surface area contributed by atoms with Crippen LogP contribution in [0.5, 0.6) is 0 Å². The van der Waals surface area contributed by atoms with E-state index in [1.807, 2.05) is 19.1 Å². The number of fused-ring (bicyclic) bond motifs is 1. The number of imidazole rings is 1. The number of carboxylic acids is 1. The van der Waals surface area contributed by atoms with Crippen LogP contribution in [-0.2, 0) is 11.3 Å². The molecule has 0 bridgehead atoms. The van der Waals surface area contributed by atoms with E-state index in [1.54, 1.807) is 0 Å². The van der Waals surface area contributed by atoms with Gasteiger partial charge in [0.25, 0.3) is 0 Å². The molecule has 0 atom stereocenters. The summed E-state index contributed by atoms with van der Waals surface area (Å²) in [5.74, 6) is -0.795. The van der Waals surface area contributed by atoms with Crippen molar-refractivity contribution in [2.75, 3.05) is 5.75 Å². The Morgan fingerprint density at radius 3 is 2.81 bits per heavy atom. The van der Waals surface area contributed by atoms with E-state index in [0.29, 0.717) is 0 Å². The molecule has 1 aliphatic rings. The van der Waals surface area contributed by atoms with Gasteiger partial charge in [0, 0.05) is 12.2 Å². The Kier molecular flexibility index (Phi) is 3.65. The van der Waals surface area contributed by atoms with Gasteiger partial charge in [0.05, 0.1) is 5.75 Å². The first kappa shape index (κ1) is 14.4. The van der Waals surface area contributed by atoms with Crippen molar-refractivity contribution in [1.82, 2.24) is 14.5 Å². The van der Waals surface area contributed by atoms with Gasteiger partial charge in [-0.3, -0.25) is 4.79 Å². The van der Waals surface area contributed by atoms with E-state index in [0.717, 1.165) is 28.6 Å². The quantitative estimate of drug-likeness (QED) is 0.860. The van der Waals surface area contributed by atoms with E-state index >= 15 is 0 Å². The second-order valence-electron chi connectivity index (χ2n) is 6.12. The molecule has 1 N–H and O–H groups in total. The average molecular weight is 305 g/mol. The van der Waals surface area contributed by atoms with Gasteiger partial charge in [-0.25, -0.2) is 9.97 Å². The minimum atomic E-state index is -0.822. The Bertz CT molecular complexity index is 692. The molecular formula is C15H19N3O2S. The van der Waals surface area contributed by atoms with Gasteiger partial charge < -0.3 is 9.67 Å². The van der Waals surface area contributed by atoms with E-state index in [9.17, 15) is 4.79 Å². The van der Waals surface area contributed by atoms with Crippen molar-refractivity contribution >= 4 is 28.9 Å². The SMILES string of the molecule is Cc1ccc2nc(SCC(=O)O)n(CC3(C)CCC3)c2n1. The van der Waals surface area contributed by atoms with Crippen LogP contribution in [0.4, 0.5) is 0 Å². The molecule has 6 heteroatoms. The van der Waals surface area contributed by atoms with Crippen molar-refractivity contribution in [2.24, 2.45) is 5.41 Å². The number of hydrogen-bond donors (Lipinski definition) is 1. The molecule has 3 rings (SSSR count). The average Bonchev–Trinajstić information content (AvgIpc) is 2.72. The first-order valence-corrected chi connectivity index (χ1v) is 8.14. The van der Waals surface area contributed by atoms with E-state index in [2.05, 4.69) is 21.5 Å². The highest BCUT2D eigenvalue weighted by Crippen LogP contribution is 2.43. The van der Waals surface area contributed by atoms with Crippen LogP contribution in [0.25, 0.3) is 11.2 Å². The van der Waals surface area contributed by atoms with Crippen molar-refractivity contribution in [3.8, 4) is 0 Å². The first-order chi connectivity index (χ1) is 9.97. The number of thioether (sulfide) groups is 1. The summed E-state index contributed by atoms with van der Waals surface area (Å²) in [7, 11) is 0. The van der Waals surface area contributed by atoms with Gasteiger partial charge in [0.2, 0.25) is 0 Å². The number of carbonyl (C=O) groups is 1. The Hall–Kier alpha value is -1.56. The number of carboxylic acid groups (broad SMARTS) is 1. The van der Waals surface area contributed by atoms with Gasteiger partial charge >= 0.3 is 5.97 Å². The predicted molar refractivity (Wildman–Crippen MR) is 82.6 cm³/mol. The Morgan fingerprint density at radius 1 is 1.43 bits per heavy atom. The summed E-state index contributed by atoms with van der Waals surface area (Å²) in [6.07, 6.45) is 3.69.